The van der Waals surface area contributed by atoms with Crippen LogP contribution in [0.3, 0.4) is 0 Å². The third-order valence-electron chi connectivity index (χ3n) is 3.78. The zero-order chi connectivity index (χ0) is 18.5. The van der Waals surface area contributed by atoms with E-state index >= 15 is 0 Å². The van der Waals surface area contributed by atoms with Crippen molar-refractivity contribution in [2.75, 3.05) is 24.9 Å². The smallest absolute Gasteiger partial charge is 0.229 e. The molecule has 0 bridgehead atoms. The minimum Gasteiger partial charge on any atom is -0.495 e. The monoisotopic (exact) mass is 370 g/mol. The highest BCUT2D eigenvalue weighted by molar-refractivity contribution is 6.32. The summed E-state index contributed by atoms with van der Waals surface area (Å²) < 4.78 is 10.6. The lowest BCUT2D eigenvalue weighted by Gasteiger charge is -2.14. The number of aryl methyl sites for hydroxylation is 1. The lowest BCUT2D eigenvalue weighted by Crippen LogP contribution is -2.02. The Kier molecular flexibility index (Phi) is 5.43. The van der Waals surface area contributed by atoms with E-state index in [-0.39, 0.29) is 0 Å². The Morgan fingerprint density at radius 3 is 2.42 bits per heavy atom. The van der Waals surface area contributed by atoms with E-state index in [1.54, 1.807) is 38.6 Å². The zero-order valence-electron chi connectivity index (χ0n) is 14.7. The average Bonchev–Trinajstić information content (AvgIpc) is 2.65. The number of ether oxygens (including phenoxy) is 2. The van der Waals surface area contributed by atoms with Crippen LogP contribution in [0, 0.1) is 6.92 Å². The molecule has 0 radical (unpaired) electrons. The summed E-state index contributed by atoms with van der Waals surface area (Å²) in [5.41, 5.74) is 2.77. The Balaban J connectivity index is 1.86. The molecule has 0 amide bonds. The highest BCUT2D eigenvalue weighted by Gasteiger charge is 2.11. The standard InChI is InChI=1S/C19H19ClN4O2/c1-12-6-4-5-7-14(12)22-18-8-9-21-19(24-18)23-15-11-16(25-2)13(20)10-17(15)26-3/h4-11H,1-3H3,(H2,21,22,23,24). The maximum atomic E-state index is 6.14. The van der Waals surface area contributed by atoms with Crippen LogP contribution in [0.5, 0.6) is 11.5 Å². The van der Waals surface area contributed by atoms with E-state index in [2.05, 4.69) is 20.6 Å². The fourth-order valence-electron chi connectivity index (χ4n) is 2.42. The van der Waals surface area contributed by atoms with Crippen molar-refractivity contribution in [2.24, 2.45) is 0 Å². The van der Waals surface area contributed by atoms with Gasteiger partial charge >= 0.3 is 0 Å². The van der Waals surface area contributed by atoms with Crippen LogP contribution < -0.4 is 20.1 Å². The van der Waals surface area contributed by atoms with Gasteiger partial charge in [-0.3, -0.25) is 0 Å². The number of nitrogens with zero attached hydrogens (tertiary/aromatic N) is 2. The second-order valence-corrected chi connectivity index (χ2v) is 5.92. The first-order valence-corrected chi connectivity index (χ1v) is 8.32. The molecule has 2 aromatic carbocycles. The molecule has 3 rings (SSSR count). The molecule has 0 fully saturated rings. The molecule has 0 saturated heterocycles. The lowest BCUT2D eigenvalue weighted by molar-refractivity contribution is 0.405. The Labute approximate surface area is 157 Å². The number of benzene rings is 2. The maximum absolute atomic E-state index is 6.14. The molecule has 134 valence electrons. The van der Waals surface area contributed by atoms with E-state index < -0.39 is 0 Å². The van der Waals surface area contributed by atoms with E-state index in [1.807, 2.05) is 31.2 Å². The largest absolute Gasteiger partial charge is 0.495 e. The first-order valence-electron chi connectivity index (χ1n) is 7.95. The van der Waals surface area contributed by atoms with Gasteiger partial charge in [0.2, 0.25) is 5.95 Å². The normalized spacial score (nSPS) is 10.3. The van der Waals surface area contributed by atoms with Gasteiger partial charge in [-0.15, -0.1) is 0 Å². The van der Waals surface area contributed by atoms with Gasteiger partial charge in [-0.25, -0.2) is 4.98 Å². The Morgan fingerprint density at radius 1 is 0.923 bits per heavy atom. The first kappa shape index (κ1) is 17.8. The molecule has 0 aliphatic rings. The van der Waals surface area contributed by atoms with Gasteiger partial charge in [0.15, 0.2) is 0 Å². The lowest BCUT2D eigenvalue weighted by atomic mass is 10.2. The second kappa shape index (κ2) is 7.93. The van der Waals surface area contributed by atoms with E-state index in [9.17, 15) is 0 Å². The molecule has 0 spiro atoms. The molecular formula is C19H19ClN4O2. The number of aromatic nitrogens is 2. The fourth-order valence-corrected chi connectivity index (χ4v) is 2.65. The number of hydrogen-bond acceptors (Lipinski definition) is 6. The number of anilines is 4. The van der Waals surface area contributed by atoms with E-state index in [4.69, 9.17) is 21.1 Å². The molecule has 6 nitrogen and oxygen atoms in total. The highest BCUT2D eigenvalue weighted by Crippen LogP contribution is 2.37. The number of hydrogen-bond donors (Lipinski definition) is 2. The van der Waals surface area contributed by atoms with Crippen LogP contribution in [0.4, 0.5) is 23.1 Å². The van der Waals surface area contributed by atoms with Crippen LogP contribution in [-0.2, 0) is 0 Å². The summed E-state index contributed by atoms with van der Waals surface area (Å²) >= 11 is 6.14. The number of para-hydroxylation sites is 1. The molecule has 2 N–H and O–H groups in total. The minimum absolute atomic E-state index is 0.422. The molecule has 26 heavy (non-hydrogen) atoms. The van der Waals surface area contributed by atoms with Gasteiger partial charge < -0.3 is 20.1 Å². The molecule has 0 unspecified atom stereocenters. The number of halogens is 1. The van der Waals surface area contributed by atoms with E-state index in [1.165, 1.54) is 0 Å². The summed E-state index contributed by atoms with van der Waals surface area (Å²) in [4.78, 5) is 8.76. The summed E-state index contributed by atoms with van der Waals surface area (Å²) in [6.45, 7) is 2.04. The van der Waals surface area contributed by atoms with Crippen LogP contribution in [-0.4, -0.2) is 24.2 Å². The van der Waals surface area contributed by atoms with Crippen molar-refractivity contribution in [1.29, 1.82) is 0 Å². The molecular weight excluding hydrogens is 352 g/mol. The van der Waals surface area contributed by atoms with Crippen molar-refractivity contribution in [3.05, 3.63) is 59.2 Å². The fraction of sp³-hybridized carbons (Fsp3) is 0.158. The number of rotatable bonds is 6. The van der Waals surface area contributed by atoms with Gasteiger partial charge in [0.25, 0.3) is 0 Å². The summed E-state index contributed by atoms with van der Waals surface area (Å²) in [6.07, 6.45) is 1.68. The highest BCUT2D eigenvalue weighted by atomic mass is 35.5. The van der Waals surface area contributed by atoms with E-state index in [0.717, 1.165) is 11.3 Å². The quantitative estimate of drug-likeness (QED) is 0.640. The topological polar surface area (TPSA) is 68.3 Å². The molecule has 1 aromatic heterocycles. The third kappa shape index (κ3) is 3.97. The van der Waals surface area contributed by atoms with Crippen LogP contribution in [0.2, 0.25) is 5.02 Å². The van der Waals surface area contributed by atoms with Crippen LogP contribution in [0.25, 0.3) is 0 Å². The second-order valence-electron chi connectivity index (χ2n) is 5.52. The van der Waals surface area contributed by atoms with Gasteiger partial charge in [0, 0.05) is 24.0 Å². The van der Waals surface area contributed by atoms with Crippen molar-refractivity contribution in [1.82, 2.24) is 9.97 Å². The summed E-state index contributed by atoms with van der Waals surface area (Å²) in [5.74, 6) is 2.20. The summed E-state index contributed by atoms with van der Waals surface area (Å²) in [6, 6.07) is 13.2. The van der Waals surface area contributed by atoms with Gasteiger partial charge in [-0.2, -0.15) is 4.98 Å². The van der Waals surface area contributed by atoms with E-state index in [0.29, 0.717) is 34.0 Å². The van der Waals surface area contributed by atoms with Crippen molar-refractivity contribution in [2.45, 2.75) is 6.92 Å². The van der Waals surface area contributed by atoms with Crippen molar-refractivity contribution in [3.63, 3.8) is 0 Å². The third-order valence-corrected chi connectivity index (χ3v) is 4.08. The van der Waals surface area contributed by atoms with Gasteiger partial charge in [0.05, 0.1) is 24.9 Å². The van der Waals surface area contributed by atoms with Crippen molar-refractivity contribution in [3.8, 4) is 11.5 Å². The summed E-state index contributed by atoms with van der Waals surface area (Å²) in [7, 11) is 3.13. The molecule has 0 saturated carbocycles. The molecule has 3 aromatic rings. The number of methoxy groups -OCH3 is 2. The van der Waals surface area contributed by atoms with Crippen molar-refractivity contribution < 1.29 is 9.47 Å². The van der Waals surface area contributed by atoms with Crippen LogP contribution in [0.15, 0.2) is 48.7 Å². The Morgan fingerprint density at radius 2 is 1.69 bits per heavy atom. The molecule has 0 aliphatic carbocycles. The zero-order valence-corrected chi connectivity index (χ0v) is 15.5. The van der Waals surface area contributed by atoms with Crippen LogP contribution >= 0.6 is 11.6 Å². The number of nitrogens with one attached hydrogen (secondary N) is 2. The van der Waals surface area contributed by atoms with Crippen molar-refractivity contribution >= 4 is 34.7 Å². The predicted molar refractivity (Wildman–Crippen MR) is 104 cm³/mol. The van der Waals surface area contributed by atoms with Gasteiger partial charge in [-0.1, -0.05) is 29.8 Å². The average molecular weight is 371 g/mol. The maximum Gasteiger partial charge on any atom is 0.229 e. The molecule has 0 atom stereocenters. The summed E-state index contributed by atoms with van der Waals surface area (Å²) in [5, 5.41) is 6.89. The Hall–Kier alpha value is -2.99. The van der Waals surface area contributed by atoms with Crippen LogP contribution in [0.1, 0.15) is 5.56 Å². The molecule has 0 aliphatic heterocycles. The minimum atomic E-state index is 0.422. The Bertz CT molecular complexity index is 918. The van der Waals surface area contributed by atoms with Gasteiger partial charge in [-0.05, 0) is 24.6 Å². The predicted octanol–water partition coefficient (Wildman–Crippen LogP) is 4.94. The van der Waals surface area contributed by atoms with Gasteiger partial charge in [0.1, 0.15) is 17.3 Å². The molecule has 1 heterocycles. The first-order chi connectivity index (χ1) is 12.6. The molecule has 7 heteroatoms. The SMILES string of the molecule is COc1cc(Nc2nccc(Nc3ccccc3C)n2)c(OC)cc1Cl.